The van der Waals surface area contributed by atoms with E-state index in [0.29, 0.717) is 41.9 Å². The highest BCUT2D eigenvalue weighted by molar-refractivity contribution is 7.92. The molecule has 1 amide bonds. The lowest BCUT2D eigenvalue weighted by Crippen LogP contribution is -2.42. The van der Waals surface area contributed by atoms with Crippen molar-refractivity contribution in [2.75, 3.05) is 44.0 Å². The van der Waals surface area contributed by atoms with Crippen molar-refractivity contribution in [1.29, 1.82) is 0 Å². The van der Waals surface area contributed by atoms with Gasteiger partial charge in [0.2, 0.25) is 15.9 Å². The van der Waals surface area contributed by atoms with Gasteiger partial charge in [0.25, 0.3) is 0 Å². The molecule has 1 N–H and O–H groups in total. The highest BCUT2D eigenvalue weighted by Gasteiger charge is 2.26. The van der Waals surface area contributed by atoms with Crippen LogP contribution in [0.4, 0.5) is 5.69 Å². The van der Waals surface area contributed by atoms with E-state index in [0.717, 1.165) is 9.87 Å². The van der Waals surface area contributed by atoms with E-state index < -0.39 is 15.9 Å². The van der Waals surface area contributed by atoms with Crippen molar-refractivity contribution in [1.82, 2.24) is 5.32 Å². The van der Waals surface area contributed by atoms with Gasteiger partial charge in [-0.2, -0.15) is 0 Å². The minimum absolute atomic E-state index is 0.153. The third-order valence-electron chi connectivity index (χ3n) is 5.09. The lowest BCUT2D eigenvalue weighted by molar-refractivity contribution is -0.120. The molecule has 32 heavy (non-hydrogen) atoms. The summed E-state index contributed by atoms with van der Waals surface area (Å²) in [5.74, 6) is 1.51. The lowest BCUT2D eigenvalue weighted by Gasteiger charge is -2.26. The standard InChI is InChI=1S/C22H28N2O7S/c1-5-32(26,27)24(17-7-9-19-21(13-17)31-11-10-30-19)14-22(25)23-15(2)16-6-8-18(28-3)20(12-16)29-4/h6-9,12-13,15H,5,10-11,14H2,1-4H3,(H,23,25)/t15-/m1/s1. The van der Waals surface area contributed by atoms with Crippen LogP contribution in [0, 0.1) is 0 Å². The number of nitrogens with one attached hydrogen (secondary N) is 1. The van der Waals surface area contributed by atoms with Crippen LogP contribution in [-0.4, -0.2) is 54.1 Å². The van der Waals surface area contributed by atoms with Crippen molar-refractivity contribution in [3.63, 3.8) is 0 Å². The average Bonchev–Trinajstić information content (AvgIpc) is 2.81. The molecule has 0 saturated heterocycles. The fraction of sp³-hybridized carbons (Fsp3) is 0.409. The van der Waals surface area contributed by atoms with Crippen molar-refractivity contribution in [2.24, 2.45) is 0 Å². The van der Waals surface area contributed by atoms with Gasteiger partial charge in [-0.3, -0.25) is 9.10 Å². The van der Waals surface area contributed by atoms with Gasteiger partial charge in [-0.05, 0) is 43.7 Å². The number of amides is 1. The fourth-order valence-electron chi connectivity index (χ4n) is 3.32. The molecule has 2 aromatic rings. The molecular weight excluding hydrogens is 436 g/mol. The summed E-state index contributed by atoms with van der Waals surface area (Å²) < 4.78 is 48.2. The summed E-state index contributed by atoms with van der Waals surface area (Å²) in [5.41, 5.74) is 1.13. The topological polar surface area (TPSA) is 103 Å². The molecule has 0 fully saturated rings. The molecule has 0 aromatic heterocycles. The highest BCUT2D eigenvalue weighted by Crippen LogP contribution is 2.35. The molecule has 0 saturated carbocycles. The molecule has 174 valence electrons. The quantitative estimate of drug-likeness (QED) is 0.608. The van der Waals surface area contributed by atoms with Crippen LogP contribution in [0.15, 0.2) is 36.4 Å². The van der Waals surface area contributed by atoms with E-state index in [1.54, 1.807) is 37.4 Å². The fourth-order valence-corrected chi connectivity index (χ4v) is 4.38. The van der Waals surface area contributed by atoms with Crippen LogP contribution in [0.5, 0.6) is 23.0 Å². The molecule has 1 atom stereocenters. The molecule has 1 aliphatic rings. The number of carbonyl (C=O) groups excluding carboxylic acids is 1. The van der Waals surface area contributed by atoms with Crippen LogP contribution < -0.4 is 28.6 Å². The van der Waals surface area contributed by atoms with Gasteiger partial charge in [0.15, 0.2) is 23.0 Å². The van der Waals surface area contributed by atoms with Crippen molar-refractivity contribution in [3.8, 4) is 23.0 Å². The number of carbonyl (C=O) groups is 1. The van der Waals surface area contributed by atoms with Crippen molar-refractivity contribution >= 4 is 21.6 Å². The second-order valence-corrected chi connectivity index (χ2v) is 9.32. The third-order valence-corrected chi connectivity index (χ3v) is 6.83. The molecule has 10 heteroatoms. The molecule has 0 bridgehead atoms. The monoisotopic (exact) mass is 464 g/mol. The minimum atomic E-state index is -3.72. The van der Waals surface area contributed by atoms with Crippen molar-refractivity contribution in [2.45, 2.75) is 19.9 Å². The van der Waals surface area contributed by atoms with Crippen LogP contribution in [0.1, 0.15) is 25.5 Å². The molecule has 0 spiro atoms. The first kappa shape index (κ1) is 23.5. The second kappa shape index (κ2) is 9.99. The highest BCUT2D eigenvalue weighted by atomic mass is 32.2. The van der Waals surface area contributed by atoms with Gasteiger partial charge < -0.3 is 24.3 Å². The Balaban J connectivity index is 1.79. The average molecular weight is 465 g/mol. The van der Waals surface area contributed by atoms with Crippen LogP contribution in [0.3, 0.4) is 0 Å². The Morgan fingerprint density at radius 2 is 1.75 bits per heavy atom. The van der Waals surface area contributed by atoms with E-state index in [1.807, 2.05) is 13.0 Å². The van der Waals surface area contributed by atoms with E-state index in [-0.39, 0.29) is 18.3 Å². The van der Waals surface area contributed by atoms with Gasteiger partial charge in [0.1, 0.15) is 19.8 Å². The minimum Gasteiger partial charge on any atom is -0.493 e. The summed E-state index contributed by atoms with van der Waals surface area (Å²) >= 11 is 0. The van der Waals surface area contributed by atoms with Crippen LogP contribution in [0.2, 0.25) is 0 Å². The first-order valence-electron chi connectivity index (χ1n) is 10.2. The van der Waals surface area contributed by atoms with Gasteiger partial charge in [0.05, 0.1) is 31.7 Å². The third kappa shape index (κ3) is 5.18. The number of hydrogen-bond donors (Lipinski definition) is 1. The SMILES string of the molecule is CCS(=O)(=O)N(CC(=O)N[C@H](C)c1ccc(OC)c(OC)c1)c1ccc2c(c1)OCCO2. The number of rotatable bonds is 9. The van der Waals surface area contributed by atoms with Gasteiger partial charge >= 0.3 is 0 Å². The maximum atomic E-state index is 12.8. The van der Waals surface area contributed by atoms with E-state index in [4.69, 9.17) is 18.9 Å². The summed E-state index contributed by atoms with van der Waals surface area (Å²) in [6, 6.07) is 9.78. The van der Waals surface area contributed by atoms with E-state index in [9.17, 15) is 13.2 Å². The summed E-state index contributed by atoms with van der Waals surface area (Å²) in [6.45, 7) is 3.78. The number of fused-ring (bicyclic) bond motifs is 1. The van der Waals surface area contributed by atoms with Gasteiger partial charge in [0, 0.05) is 6.07 Å². The number of sulfonamides is 1. The van der Waals surface area contributed by atoms with Gasteiger partial charge in [-0.15, -0.1) is 0 Å². The Morgan fingerprint density at radius 1 is 1.06 bits per heavy atom. The predicted molar refractivity (Wildman–Crippen MR) is 120 cm³/mol. The van der Waals surface area contributed by atoms with E-state index in [1.165, 1.54) is 14.0 Å². The maximum Gasteiger partial charge on any atom is 0.241 e. The molecule has 1 heterocycles. The van der Waals surface area contributed by atoms with E-state index >= 15 is 0 Å². The normalized spacial score (nSPS) is 13.8. The van der Waals surface area contributed by atoms with Crippen molar-refractivity contribution < 1.29 is 32.2 Å². The number of benzene rings is 2. The van der Waals surface area contributed by atoms with Crippen molar-refractivity contribution in [3.05, 3.63) is 42.0 Å². The number of anilines is 1. The Hall–Kier alpha value is -3.14. The second-order valence-electron chi connectivity index (χ2n) is 7.14. The zero-order valence-corrected chi connectivity index (χ0v) is 19.4. The Bertz CT molecular complexity index is 1070. The van der Waals surface area contributed by atoms with Gasteiger partial charge in [-0.1, -0.05) is 6.07 Å². The number of ether oxygens (including phenoxy) is 4. The smallest absolute Gasteiger partial charge is 0.241 e. The zero-order chi connectivity index (χ0) is 23.3. The summed E-state index contributed by atoms with van der Waals surface area (Å²) in [7, 11) is -0.637. The van der Waals surface area contributed by atoms with Crippen LogP contribution in [0.25, 0.3) is 0 Å². The summed E-state index contributed by atoms with van der Waals surface area (Å²) in [5, 5.41) is 2.85. The predicted octanol–water partition coefficient (Wildman–Crippen LogP) is 2.51. The first-order valence-corrected chi connectivity index (χ1v) is 11.8. The molecule has 9 nitrogen and oxygen atoms in total. The number of nitrogens with zero attached hydrogens (tertiary/aromatic N) is 1. The van der Waals surface area contributed by atoms with Crippen LogP contribution in [-0.2, 0) is 14.8 Å². The Kier molecular flexibility index (Phi) is 7.34. The molecule has 0 unspecified atom stereocenters. The summed E-state index contributed by atoms with van der Waals surface area (Å²) in [4.78, 5) is 12.8. The van der Waals surface area contributed by atoms with Gasteiger partial charge in [-0.25, -0.2) is 8.42 Å². The Morgan fingerprint density at radius 3 is 2.41 bits per heavy atom. The first-order chi connectivity index (χ1) is 15.3. The van der Waals surface area contributed by atoms with Crippen LogP contribution >= 0.6 is 0 Å². The molecule has 0 aliphatic carbocycles. The number of hydrogen-bond acceptors (Lipinski definition) is 7. The lowest BCUT2D eigenvalue weighted by atomic mass is 10.1. The van der Waals surface area contributed by atoms with E-state index in [2.05, 4.69) is 5.32 Å². The summed E-state index contributed by atoms with van der Waals surface area (Å²) in [6.07, 6.45) is 0. The molecule has 0 radical (unpaired) electrons. The molecule has 3 rings (SSSR count). The molecule has 1 aliphatic heterocycles. The largest absolute Gasteiger partial charge is 0.493 e. The molecule has 2 aromatic carbocycles. The Labute approximate surface area is 188 Å². The maximum absolute atomic E-state index is 12.8. The molecular formula is C22H28N2O7S. The number of methoxy groups -OCH3 is 2. The zero-order valence-electron chi connectivity index (χ0n) is 18.6.